The number of nitrogens with one attached hydrogen (secondary N) is 1. The van der Waals surface area contributed by atoms with E-state index in [1.807, 2.05) is 37.3 Å². The van der Waals surface area contributed by atoms with Crippen molar-refractivity contribution in [1.29, 1.82) is 0 Å². The second kappa shape index (κ2) is 6.79. The van der Waals surface area contributed by atoms with Crippen LogP contribution in [0.3, 0.4) is 0 Å². The molecule has 1 atom stereocenters. The highest BCUT2D eigenvalue weighted by Gasteiger charge is 2.19. The normalized spacial score (nSPS) is 12.7. The minimum atomic E-state index is -3.53. The molecule has 124 valence electrons. The molecule has 0 radical (unpaired) electrons. The van der Waals surface area contributed by atoms with Gasteiger partial charge in [-0.05, 0) is 34.0 Å². The van der Waals surface area contributed by atoms with Crippen molar-refractivity contribution >= 4 is 15.7 Å². The molecule has 0 aliphatic rings. The summed E-state index contributed by atoms with van der Waals surface area (Å²) in [4.78, 5) is 0. The first-order valence-corrected chi connectivity index (χ1v) is 9.08. The number of anilines is 1. The third-order valence-electron chi connectivity index (χ3n) is 3.60. The highest BCUT2D eigenvalue weighted by Crippen LogP contribution is 2.22. The molecule has 1 unspecified atom stereocenters. The fourth-order valence-electron chi connectivity index (χ4n) is 2.45. The van der Waals surface area contributed by atoms with Crippen LogP contribution in [0.25, 0.3) is 5.69 Å². The van der Waals surface area contributed by atoms with Crippen LogP contribution in [0.2, 0.25) is 0 Å². The zero-order valence-corrected chi connectivity index (χ0v) is 13.9. The average molecular weight is 343 g/mol. The van der Waals surface area contributed by atoms with Crippen LogP contribution < -0.4 is 4.72 Å². The summed E-state index contributed by atoms with van der Waals surface area (Å²) in [6.07, 6.45) is 1.42. The monoisotopic (exact) mass is 343 g/mol. The van der Waals surface area contributed by atoms with E-state index in [4.69, 9.17) is 0 Å². The summed E-state index contributed by atoms with van der Waals surface area (Å²) in [7, 11) is -3.53. The van der Waals surface area contributed by atoms with Crippen molar-refractivity contribution < 1.29 is 8.42 Å². The smallest absolute Gasteiger partial charge is 0.233 e. The Morgan fingerprint density at radius 2 is 1.79 bits per heavy atom. The molecule has 0 spiro atoms. The van der Waals surface area contributed by atoms with E-state index in [9.17, 15) is 8.42 Å². The Balaban J connectivity index is 1.81. The highest BCUT2D eigenvalue weighted by molar-refractivity contribution is 7.92. The van der Waals surface area contributed by atoms with Gasteiger partial charge in [-0.3, -0.25) is 4.72 Å². The Kier molecular flexibility index (Phi) is 4.57. The molecule has 0 bridgehead atoms. The summed E-state index contributed by atoms with van der Waals surface area (Å²) in [5.41, 5.74) is 1.99. The van der Waals surface area contributed by atoms with Gasteiger partial charge in [-0.2, -0.15) is 4.68 Å². The van der Waals surface area contributed by atoms with Crippen LogP contribution in [-0.4, -0.2) is 34.4 Å². The standard InChI is InChI=1S/C16H17N5O2S/c1-13(14-7-3-2-4-8-14)11-24(22,23)18-15-9-5-6-10-16(15)21-12-17-19-20-21/h2-10,12-13,18H,11H2,1H3. The second-order valence-electron chi connectivity index (χ2n) is 5.47. The first-order chi connectivity index (χ1) is 11.6. The molecule has 0 fully saturated rings. The molecule has 3 aromatic rings. The number of benzene rings is 2. The minimum Gasteiger partial charge on any atom is -0.281 e. The number of hydrogen-bond donors (Lipinski definition) is 1. The van der Waals surface area contributed by atoms with E-state index in [0.29, 0.717) is 11.4 Å². The van der Waals surface area contributed by atoms with Crippen LogP contribution in [-0.2, 0) is 10.0 Å². The quantitative estimate of drug-likeness (QED) is 0.741. The zero-order valence-electron chi connectivity index (χ0n) is 13.1. The van der Waals surface area contributed by atoms with Gasteiger partial charge in [-0.25, -0.2) is 8.42 Å². The predicted octanol–water partition coefficient (Wildman–Crippen LogP) is 2.21. The lowest BCUT2D eigenvalue weighted by molar-refractivity contribution is 0.595. The second-order valence-corrected chi connectivity index (χ2v) is 7.23. The number of nitrogens with zero attached hydrogens (tertiary/aromatic N) is 4. The maximum atomic E-state index is 12.5. The number of aromatic nitrogens is 4. The summed E-state index contributed by atoms with van der Waals surface area (Å²) in [5.74, 6) is -0.134. The molecule has 0 amide bonds. The number of sulfonamides is 1. The SMILES string of the molecule is CC(CS(=O)(=O)Nc1ccccc1-n1cnnn1)c1ccccc1. The highest BCUT2D eigenvalue weighted by atomic mass is 32.2. The van der Waals surface area contributed by atoms with Crippen LogP contribution in [0.15, 0.2) is 60.9 Å². The maximum absolute atomic E-state index is 12.5. The molecule has 0 saturated heterocycles. The molecule has 1 aromatic heterocycles. The van der Waals surface area contributed by atoms with E-state index in [2.05, 4.69) is 20.2 Å². The maximum Gasteiger partial charge on any atom is 0.233 e. The molecule has 3 rings (SSSR count). The fourth-order valence-corrected chi connectivity index (χ4v) is 3.89. The Bertz CT molecular complexity index is 895. The predicted molar refractivity (Wildman–Crippen MR) is 91.4 cm³/mol. The first-order valence-electron chi connectivity index (χ1n) is 7.43. The van der Waals surface area contributed by atoms with Crippen molar-refractivity contribution in [3.05, 3.63) is 66.5 Å². The van der Waals surface area contributed by atoms with Crippen LogP contribution in [0.5, 0.6) is 0 Å². The van der Waals surface area contributed by atoms with E-state index >= 15 is 0 Å². The van der Waals surface area contributed by atoms with Gasteiger partial charge in [0.15, 0.2) is 0 Å². The number of tetrazole rings is 1. The topological polar surface area (TPSA) is 89.8 Å². The molecule has 7 nitrogen and oxygen atoms in total. The molecule has 0 saturated carbocycles. The molecular weight excluding hydrogens is 326 g/mol. The van der Waals surface area contributed by atoms with Gasteiger partial charge in [0.05, 0.1) is 17.1 Å². The van der Waals surface area contributed by atoms with Crippen molar-refractivity contribution in [3.63, 3.8) is 0 Å². The number of hydrogen-bond acceptors (Lipinski definition) is 5. The van der Waals surface area contributed by atoms with Gasteiger partial charge in [0.1, 0.15) is 6.33 Å². The third-order valence-corrected chi connectivity index (χ3v) is 5.07. The van der Waals surface area contributed by atoms with Crippen LogP contribution >= 0.6 is 0 Å². The van der Waals surface area contributed by atoms with E-state index < -0.39 is 10.0 Å². The van der Waals surface area contributed by atoms with E-state index in [1.54, 1.807) is 24.3 Å². The minimum absolute atomic E-state index is 0.0129. The van der Waals surface area contributed by atoms with Crippen LogP contribution in [0.1, 0.15) is 18.4 Å². The lowest BCUT2D eigenvalue weighted by Gasteiger charge is -2.15. The van der Waals surface area contributed by atoms with E-state index in [1.165, 1.54) is 11.0 Å². The van der Waals surface area contributed by atoms with Crippen molar-refractivity contribution in [2.45, 2.75) is 12.8 Å². The van der Waals surface area contributed by atoms with Crippen LogP contribution in [0, 0.1) is 0 Å². The molecule has 0 aliphatic carbocycles. The Labute approximate surface area is 140 Å². The van der Waals surface area contributed by atoms with Gasteiger partial charge in [0.25, 0.3) is 0 Å². The molecule has 0 aliphatic heterocycles. The van der Waals surface area contributed by atoms with Crippen molar-refractivity contribution in [3.8, 4) is 5.69 Å². The van der Waals surface area contributed by atoms with Gasteiger partial charge >= 0.3 is 0 Å². The number of para-hydroxylation sites is 2. The third kappa shape index (κ3) is 3.77. The van der Waals surface area contributed by atoms with E-state index in [0.717, 1.165) is 5.56 Å². The number of rotatable bonds is 6. The van der Waals surface area contributed by atoms with Crippen LogP contribution in [0.4, 0.5) is 5.69 Å². The summed E-state index contributed by atoms with van der Waals surface area (Å²) in [6, 6.07) is 16.5. The van der Waals surface area contributed by atoms with Crippen molar-refractivity contribution in [1.82, 2.24) is 20.2 Å². The zero-order chi connectivity index (χ0) is 17.0. The molecular formula is C16H17N5O2S. The molecule has 24 heavy (non-hydrogen) atoms. The van der Waals surface area contributed by atoms with Crippen molar-refractivity contribution in [2.75, 3.05) is 10.5 Å². The summed E-state index contributed by atoms with van der Waals surface area (Å²) in [6.45, 7) is 1.89. The van der Waals surface area contributed by atoms with E-state index in [-0.39, 0.29) is 11.7 Å². The van der Waals surface area contributed by atoms with Crippen molar-refractivity contribution in [2.24, 2.45) is 0 Å². The Morgan fingerprint density at radius 1 is 1.08 bits per heavy atom. The van der Waals surface area contributed by atoms with Gasteiger partial charge in [-0.15, -0.1) is 5.10 Å². The van der Waals surface area contributed by atoms with Gasteiger partial charge in [0, 0.05) is 0 Å². The fraction of sp³-hybridized carbons (Fsp3) is 0.188. The summed E-state index contributed by atoms with van der Waals surface area (Å²) in [5, 5.41) is 11.0. The molecule has 1 heterocycles. The van der Waals surface area contributed by atoms with Gasteiger partial charge < -0.3 is 0 Å². The summed E-state index contributed by atoms with van der Waals surface area (Å²) < 4.78 is 29.1. The first kappa shape index (κ1) is 16.1. The lowest BCUT2D eigenvalue weighted by atomic mass is 10.0. The van der Waals surface area contributed by atoms with Gasteiger partial charge in [0.2, 0.25) is 10.0 Å². The molecule has 2 aromatic carbocycles. The van der Waals surface area contributed by atoms with Gasteiger partial charge in [-0.1, -0.05) is 49.4 Å². The Hall–Kier alpha value is -2.74. The largest absolute Gasteiger partial charge is 0.281 e. The average Bonchev–Trinajstić information content (AvgIpc) is 3.09. The molecule has 8 heteroatoms. The Morgan fingerprint density at radius 3 is 2.50 bits per heavy atom. The molecule has 1 N–H and O–H groups in total. The lowest BCUT2D eigenvalue weighted by Crippen LogP contribution is -2.21. The summed E-state index contributed by atoms with van der Waals surface area (Å²) >= 11 is 0.